The van der Waals surface area contributed by atoms with E-state index in [4.69, 9.17) is 0 Å². The standard InChI is InChI=1S/C31H31N3/c1-21-17-22(2)29(23(3)18-21)28-13-14-33-19-25-10-6-8-12-27(25)31-32(4)15-16-34(31)20-24-9-5-7-11-26(24)30(28)33/h5-18,28H,19-20H2,1-4H3/q+2. The average Bonchev–Trinajstić information content (AvgIpc) is 3.37. The van der Waals surface area contributed by atoms with Crippen molar-refractivity contribution < 1.29 is 9.14 Å². The molecule has 6 rings (SSSR count). The highest BCUT2D eigenvalue weighted by Gasteiger charge is 2.36. The molecule has 0 radical (unpaired) electrons. The topological polar surface area (TPSA) is 11.8 Å². The molecule has 3 nitrogen and oxygen atoms in total. The minimum Gasteiger partial charge on any atom is -0.233 e. The van der Waals surface area contributed by atoms with Crippen LogP contribution in [0.1, 0.15) is 44.9 Å². The number of hydrogen-bond donors (Lipinski definition) is 0. The zero-order chi connectivity index (χ0) is 23.4. The van der Waals surface area contributed by atoms with Crippen LogP contribution >= 0.6 is 0 Å². The van der Waals surface area contributed by atoms with Gasteiger partial charge in [0.2, 0.25) is 5.71 Å². The minimum atomic E-state index is 0.244. The molecule has 4 aromatic rings. The Labute approximate surface area is 202 Å². The van der Waals surface area contributed by atoms with Crippen molar-refractivity contribution in [3.05, 3.63) is 124 Å². The molecule has 1 unspecified atom stereocenters. The van der Waals surface area contributed by atoms with E-state index in [1.54, 1.807) is 0 Å². The molecule has 3 heteroatoms. The summed E-state index contributed by atoms with van der Waals surface area (Å²) in [6, 6.07) is 22.5. The van der Waals surface area contributed by atoms with E-state index in [1.807, 2.05) is 0 Å². The molecular weight excluding hydrogens is 414 g/mol. The van der Waals surface area contributed by atoms with Gasteiger partial charge in [0.05, 0.1) is 18.5 Å². The molecule has 2 aliphatic heterocycles. The SMILES string of the molecule is Cc1cc(C)c(C2C=C[N+]3=C2c2ccccc2Cn2cc[n+](C)c2-c2ccccc2C3)c(C)c1. The van der Waals surface area contributed by atoms with E-state index in [0.29, 0.717) is 0 Å². The Kier molecular flexibility index (Phi) is 4.88. The van der Waals surface area contributed by atoms with Gasteiger partial charge < -0.3 is 0 Å². The number of nitrogens with zero attached hydrogens (tertiary/aromatic N) is 3. The molecule has 0 amide bonds. The zero-order valence-electron chi connectivity index (χ0n) is 20.4. The monoisotopic (exact) mass is 445 g/mol. The number of imidazole rings is 1. The number of fused-ring (bicyclic) bond motifs is 5. The van der Waals surface area contributed by atoms with Crippen molar-refractivity contribution in [3.8, 4) is 11.4 Å². The van der Waals surface area contributed by atoms with Gasteiger partial charge in [-0.3, -0.25) is 0 Å². The maximum Gasteiger partial charge on any atom is 0.289 e. The second kappa shape index (κ2) is 7.95. The Bertz CT molecular complexity index is 1480. The van der Waals surface area contributed by atoms with Gasteiger partial charge in [0.1, 0.15) is 18.9 Å². The van der Waals surface area contributed by atoms with E-state index < -0.39 is 0 Å². The summed E-state index contributed by atoms with van der Waals surface area (Å²) < 4.78 is 7.13. The van der Waals surface area contributed by atoms with E-state index in [1.165, 1.54) is 56.0 Å². The van der Waals surface area contributed by atoms with Gasteiger partial charge in [0.25, 0.3) is 5.82 Å². The Morgan fingerprint density at radius 1 is 0.853 bits per heavy atom. The van der Waals surface area contributed by atoms with Crippen LogP contribution in [-0.4, -0.2) is 14.9 Å². The van der Waals surface area contributed by atoms with Crippen LogP contribution in [0.2, 0.25) is 0 Å². The second-order valence-corrected chi connectivity index (χ2v) is 9.82. The maximum absolute atomic E-state index is 2.49. The molecule has 1 atom stereocenters. The molecule has 168 valence electrons. The molecule has 0 saturated carbocycles. The number of allylic oxidation sites excluding steroid dienone is 1. The van der Waals surface area contributed by atoms with Gasteiger partial charge in [-0.2, -0.15) is 4.58 Å². The molecule has 0 aliphatic carbocycles. The predicted molar refractivity (Wildman–Crippen MR) is 137 cm³/mol. The van der Waals surface area contributed by atoms with Crippen molar-refractivity contribution in [2.24, 2.45) is 7.05 Å². The lowest BCUT2D eigenvalue weighted by Crippen LogP contribution is -2.30. The summed E-state index contributed by atoms with van der Waals surface area (Å²) in [5.74, 6) is 1.49. The lowest BCUT2D eigenvalue weighted by molar-refractivity contribution is -0.659. The first-order valence-electron chi connectivity index (χ1n) is 12.1. The molecule has 3 aromatic carbocycles. The fourth-order valence-corrected chi connectivity index (χ4v) is 6.06. The summed E-state index contributed by atoms with van der Waals surface area (Å²) in [7, 11) is 2.15. The first-order valence-corrected chi connectivity index (χ1v) is 12.1. The zero-order valence-corrected chi connectivity index (χ0v) is 20.4. The van der Waals surface area contributed by atoms with Gasteiger partial charge >= 0.3 is 0 Å². The molecule has 0 spiro atoms. The van der Waals surface area contributed by atoms with Crippen LogP contribution in [-0.2, 0) is 20.1 Å². The molecule has 0 fully saturated rings. The van der Waals surface area contributed by atoms with Crippen LogP contribution in [0.25, 0.3) is 11.4 Å². The van der Waals surface area contributed by atoms with Crippen LogP contribution in [0, 0.1) is 20.8 Å². The Morgan fingerprint density at radius 2 is 1.53 bits per heavy atom. The van der Waals surface area contributed by atoms with Crippen molar-refractivity contribution in [3.63, 3.8) is 0 Å². The number of aromatic nitrogens is 2. The lowest BCUT2D eigenvalue weighted by atomic mass is 9.83. The summed E-state index contributed by atoms with van der Waals surface area (Å²) in [5, 5.41) is 0. The highest BCUT2D eigenvalue weighted by atomic mass is 15.1. The van der Waals surface area contributed by atoms with Crippen LogP contribution < -0.4 is 4.57 Å². The second-order valence-electron chi connectivity index (χ2n) is 9.82. The highest BCUT2D eigenvalue weighted by Crippen LogP contribution is 2.35. The third-order valence-electron chi connectivity index (χ3n) is 7.42. The molecule has 2 aliphatic rings. The molecule has 0 bridgehead atoms. The number of rotatable bonds is 1. The van der Waals surface area contributed by atoms with Crippen LogP contribution in [0.3, 0.4) is 0 Å². The fourth-order valence-electron chi connectivity index (χ4n) is 6.06. The van der Waals surface area contributed by atoms with Crippen molar-refractivity contribution in [2.45, 2.75) is 39.8 Å². The number of hydrogen-bond acceptors (Lipinski definition) is 0. The van der Waals surface area contributed by atoms with Crippen molar-refractivity contribution >= 4 is 5.71 Å². The summed E-state index contributed by atoms with van der Waals surface area (Å²) in [5.41, 5.74) is 12.2. The molecule has 3 heterocycles. The normalized spacial score (nSPS) is 16.6. The van der Waals surface area contributed by atoms with E-state index in [9.17, 15) is 0 Å². The van der Waals surface area contributed by atoms with Gasteiger partial charge in [-0.25, -0.2) is 9.13 Å². The lowest BCUT2D eigenvalue weighted by Gasteiger charge is -2.19. The number of aryl methyl sites for hydroxylation is 4. The van der Waals surface area contributed by atoms with E-state index >= 15 is 0 Å². The molecule has 1 aromatic heterocycles. The molecular formula is C31H31N3+2. The maximum atomic E-state index is 2.49. The number of benzene rings is 3. The van der Waals surface area contributed by atoms with Crippen LogP contribution in [0.15, 0.2) is 85.3 Å². The van der Waals surface area contributed by atoms with Crippen molar-refractivity contribution in [2.75, 3.05) is 0 Å². The summed E-state index contributed by atoms with van der Waals surface area (Å²) in [6.45, 7) is 8.41. The quantitative estimate of drug-likeness (QED) is 0.339. The van der Waals surface area contributed by atoms with E-state index in [2.05, 4.69) is 127 Å². The summed E-state index contributed by atoms with van der Waals surface area (Å²) in [4.78, 5) is 0. The smallest absolute Gasteiger partial charge is 0.233 e. The Balaban J connectivity index is 1.62. The molecule has 34 heavy (non-hydrogen) atoms. The first kappa shape index (κ1) is 20.9. The predicted octanol–water partition coefficient (Wildman–Crippen LogP) is 5.58. The minimum absolute atomic E-state index is 0.244. The average molecular weight is 446 g/mol. The largest absolute Gasteiger partial charge is 0.289 e. The summed E-state index contributed by atoms with van der Waals surface area (Å²) >= 11 is 0. The van der Waals surface area contributed by atoms with E-state index in [-0.39, 0.29) is 5.92 Å². The third kappa shape index (κ3) is 3.27. The van der Waals surface area contributed by atoms with Gasteiger partial charge in [-0.05, 0) is 55.7 Å². The highest BCUT2D eigenvalue weighted by molar-refractivity contribution is 6.05. The van der Waals surface area contributed by atoms with E-state index in [0.717, 1.165) is 13.1 Å². The molecule has 0 N–H and O–H groups in total. The van der Waals surface area contributed by atoms with Crippen LogP contribution in [0.4, 0.5) is 0 Å². The molecule has 0 saturated heterocycles. The summed E-state index contributed by atoms with van der Waals surface area (Å²) in [6.07, 6.45) is 9.10. The van der Waals surface area contributed by atoms with Gasteiger partial charge in [0.15, 0.2) is 12.7 Å². The first-order chi connectivity index (χ1) is 16.5. The van der Waals surface area contributed by atoms with Gasteiger partial charge in [-0.1, -0.05) is 54.1 Å². The Hall–Kier alpha value is -3.72. The van der Waals surface area contributed by atoms with Gasteiger partial charge in [0, 0.05) is 16.7 Å². The van der Waals surface area contributed by atoms with Crippen molar-refractivity contribution in [1.82, 2.24) is 4.57 Å². The van der Waals surface area contributed by atoms with Gasteiger partial charge in [-0.15, -0.1) is 0 Å². The fraction of sp³-hybridized carbons (Fsp3) is 0.226. The third-order valence-corrected chi connectivity index (χ3v) is 7.42. The van der Waals surface area contributed by atoms with Crippen molar-refractivity contribution in [1.29, 1.82) is 0 Å². The Morgan fingerprint density at radius 3 is 2.29 bits per heavy atom. The van der Waals surface area contributed by atoms with Crippen LogP contribution in [0.5, 0.6) is 0 Å².